The van der Waals surface area contributed by atoms with Gasteiger partial charge in [0.05, 0.1) is 0 Å². The predicted octanol–water partition coefficient (Wildman–Crippen LogP) is 13.9. The van der Waals surface area contributed by atoms with Crippen LogP contribution < -0.4 is 4.90 Å². The number of rotatable bonds is 7. The van der Waals surface area contributed by atoms with Gasteiger partial charge in [-0.15, -0.1) is 0 Å². The summed E-state index contributed by atoms with van der Waals surface area (Å²) in [5.74, 6) is 0.600. The summed E-state index contributed by atoms with van der Waals surface area (Å²) < 4.78 is 12.7. The number of nitrogens with zero attached hydrogens (tertiary/aromatic N) is 2. The van der Waals surface area contributed by atoms with Crippen molar-refractivity contribution in [1.82, 2.24) is 4.98 Å². The zero-order valence-corrected chi connectivity index (χ0v) is 28.7. The number of fused-ring (bicyclic) bond motifs is 4. The van der Waals surface area contributed by atoms with Crippen molar-refractivity contribution < 1.29 is 8.83 Å². The Balaban J connectivity index is 1.02. The normalized spacial score (nSPS) is 11.4. The summed E-state index contributed by atoms with van der Waals surface area (Å²) in [5.41, 5.74) is 14.3. The molecule has 53 heavy (non-hydrogen) atoms. The van der Waals surface area contributed by atoms with Crippen LogP contribution in [-0.4, -0.2) is 4.98 Å². The Morgan fingerprint density at radius 3 is 1.66 bits per heavy atom. The zero-order valence-electron chi connectivity index (χ0n) is 28.7. The summed E-state index contributed by atoms with van der Waals surface area (Å²) in [6, 6.07) is 67.7. The Bertz CT molecular complexity index is 2860. The van der Waals surface area contributed by atoms with E-state index in [1.165, 1.54) is 16.7 Å². The molecule has 250 valence electrons. The van der Waals surface area contributed by atoms with Gasteiger partial charge in [0.1, 0.15) is 16.7 Å². The second kappa shape index (κ2) is 12.9. The van der Waals surface area contributed by atoms with Crippen LogP contribution in [0.25, 0.3) is 77.9 Å². The van der Waals surface area contributed by atoms with Gasteiger partial charge >= 0.3 is 0 Å². The van der Waals surface area contributed by atoms with E-state index in [1.54, 1.807) is 0 Å². The number of oxazole rings is 1. The largest absolute Gasteiger partial charge is 0.456 e. The maximum absolute atomic E-state index is 6.40. The third kappa shape index (κ3) is 5.63. The standard InChI is InChI=1S/C49H32N2O2/c1-4-12-33(13-5-1)34-22-24-35(25-23-34)38-16-10-19-41(30-38)51(39-17-8-3-9-18-39)40-28-26-36(27-29-40)42-20-11-21-45-48(42)43-31-47-44(32-46(43)52-45)50-49(53-47)37-14-6-2-7-15-37/h1-32H. The molecule has 0 bridgehead atoms. The highest BCUT2D eigenvalue weighted by molar-refractivity contribution is 6.15. The maximum atomic E-state index is 6.40. The van der Waals surface area contributed by atoms with E-state index < -0.39 is 0 Å². The van der Waals surface area contributed by atoms with Crippen LogP contribution in [0.1, 0.15) is 0 Å². The number of anilines is 3. The molecule has 0 saturated carbocycles. The van der Waals surface area contributed by atoms with Crippen LogP contribution in [0.3, 0.4) is 0 Å². The molecule has 0 aliphatic carbocycles. The average molecular weight is 681 g/mol. The van der Waals surface area contributed by atoms with Crippen LogP contribution in [0, 0.1) is 0 Å². The van der Waals surface area contributed by atoms with Crippen molar-refractivity contribution >= 4 is 50.1 Å². The first kappa shape index (κ1) is 30.6. The van der Waals surface area contributed by atoms with Crippen molar-refractivity contribution in [2.24, 2.45) is 0 Å². The van der Waals surface area contributed by atoms with Crippen molar-refractivity contribution in [3.8, 4) is 44.8 Å². The first-order chi connectivity index (χ1) is 26.2. The van der Waals surface area contributed by atoms with Crippen LogP contribution >= 0.6 is 0 Å². The quantitative estimate of drug-likeness (QED) is 0.168. The number of aromatic nitrogens is 1. The molecule has 0 fully saturated rings. The molecule has 10 aromatic rings. The zero-order chi connectivity index (χ0) is 35.1. The van der Waals surface area contributed by atoms with E-state index in [0.717, 1.165) is 72.4 Å². The topological polar surface area (TPSA) is 42.4 Å². The third-order valence-electron chi connectivity index (χ3n) is 9.91. The number of para-hydroxylation sites is 1. The van der Waals surface area contributed by atoms with Gasteiger partial charge < -0.3 is 13.7 Å². The van der Waals surface area contributed by atoms with Crippen molar-refractivity contribution in [3.63, 3.8) is 0 Å². The van der Waals surface area contributed by atoms with E-state index in [0.29, 0.717) is 5.89 Å². The molecule has 2 heterocycles. The number of furan rings is 1. The van der Waals surface area contributed by atoms with Crippen LogP contribution in [-0.2, 0) is 0 Å². The lowest BCUT2D eigenvalue weighted by atomic mass is 9.98. The molecule has 0 aliphatic rings. The lowest BCUT2D eigenvalue weighted by Crippen LogP contribution is -2.09. The van der Waals surface area contributed by atoms with Gasteiger partial charge in [-0.25, -0.2) is 4.98 Å². The minimum Gasteiger partial charge on any atom is -0.456 e. The van der Waals surface area contributed by atoms with Crippen LogP contribution in [0.15, 0.2) is 203 Å². The summed E-state index contributed by atoms with van der Waals surface area (Å²) >= 11 is 0. The Hall–Kier alpha value is -7.17. The molecule has 4 nitrogen and oxygen atoms in total. The highest BCUT2D eigenvalue weighted by atomic mass is 16.4. The molecule has 4 heteroatoms. The Labute approximate surface area is 306 Å². The molecule has 0 amide bonds. The highest BCUT2D eigenvalue weighted by Gasteiger charge is 2.18. The Kier molecular flexibility index (Phi) is 7.43. The minimum absolute atomic E-state index is 0.600. The molecule has 0 saturated heterocycles. The summed E-state index contributed by atoms with van der Waals surface area (Å²) in [6.45, 7) is 0. The molecular weight excluding hydrogens is 649 g/mol. The summed E-state index contributed by atoms with van der Waals surface area (Å²) in [6.07, 6.45) is 0. The molecule has 0 aliphatic heterocycles. The minimum atomic E-state index is 0.600. The van der Waals surface area contributed by atoms with E-state index in [4.69, 9.17) is 13.8 Å². The molecule has 10 rings (SSSR count). The monoisotopic (exact) mass is 680 g/mol. The molecule has 0 spiro atoms. The Morgan fingerprint density at radius 2 is 0.925 bits per heavy atom. The van der Waals surface area contributed by atoms with Gasteiger partial charge in [0, 0.05) is 39.5 Å². The van der Waals surface area contributed by atoms with Gasteiger partial charge in [-0.1, -0.05) is 127 Å². The van der Waals surface area contributed by atoms with Gasteiger partial charge in [-0.3, -0.25) is 0 Å². The van der Waals surface area contributed by atoms with Gasteiger partial charge in [0.2, 0.25) is 5.89 Å². The summed E-state index contributed by atoms with van der Waals surface area (Å²) in [5, 5.41) is 2.06. The molecule has 0 unspecified atom stereocenters. The fourth-order valence-corrected chi connectivity index (χ4v) is 7.32. The van der Waals surface area contributed by atoms with Crippen molar-refractivity contribution in [1.29, 1.82) is 0 Å². The van der Waals surface area contributed by atoms with Gasteiger partial charge in [-0.05, 0) is 94.0 Å². The Morgan fingerprint density at radius 1 is 0.358 bits per heavy atom. The maximum Gasteiger partial charge on any atom is 0.227 e. The van der Waals surface area contributed by atoms with E-state index in [1.807, 2.05) is 42.5 Å². The van der Waals surface area contributed by atoms with Crippen molar-refractivity contribution in [2.75, 3.05) is 4.90 Å². The van der Waals surface area contributed by atoms with E-state index in [2.05, 4.69) is 157 Å². The SMILES string of the molecule is c1ccc(-c2ccc(-c3cccc(N(c4ccccc4)c4ccc(-c5cccc6oc7cc8nc(-c9ccccc9)oc8cc7c56)cc4)c3)cc2)cc1. The van der Waals surface area contributed by atoms with Crippen molar-refractivity contribution in [2.45, 2.75) is 0 Å². The highest BCUT2D eigenvalue weighted by Crippen LogP contribution is 2.41. The molecule has 0 atom stereocenters. The molecule has 0 radical (unpaired) electrons. The van der Waals surface area contributed by atoms with E-state index in [9.17, 15) is 0 Å². The average Bonchev–Trinajstić information content (AvgIpc) is 3.82. The van der Waals surface area contributed by atoms with Crippen LogP contribution in [0.5, 0.6) is 0 Å². The second-order valence-corrected chi connectivity index (χ2v) is 13.2. The van der Waals surface area contributed by atoms with Crippen molar-refractivity contribution in [3.05, 3.63) is 194 Å². The number of hydrogen-bond acceptors (Lipinski definition) is 4. The fraction of sp³-hybridized carbons (Fsp3) is 0. The summed E-state index contributed by atoms with van der Waals surface area (Å²) in [4.78, 5) is 7.08. The fourth-order valence-electron chi connectivity index (χ4n) is 7.32. The van der Waals surface area contributed by atoms with Gasteiger partial charge in [0.25, 0.3) is 0 Å². The summed E-state index contributed by atoms with van der Waals surface area (Å²) in [7, 11) is 0. The molecule has 8 aromatic carbocycles. The predicted molar refractivity (Wildman–Crippen MR) is 218 cm³/mol. The first-order valence-electron chi connectivity index (χ1n) is 17.8. The van der Waals surface area contributed by atoms with E-state index in [-0.39, 0.29) is 0 Å². The lowest BCUT2D eigenvalue weighted by Gasteiger charge is -2.26. The molecule has 0 N–H and O–H groups in total. The number of benzene rings is 8. The molecular formula is C49H32N2O2. The second-order valence-electron chi connectivity index (χ2n) is 13.2. The smallest absolute Gasteiger partial charge is 0.227 e. The third-order valence-corrected chi connectivity index (χ3v) is 9.91. The van der Waals surface area contributed by atoms with Crippen LogP contribution in [0.4, 0.5) is 17.1 Å². The lowest BCUT2D eigenvalue weighted by molar-refractivity contribution is 0.620. The van der Waals surface area contributed by atoms with Crippen LogP contribution in [0.2, 0.25) is 0 Å². The van der Waals surface area contributed by atoms with Gasteiger partial charge in [-0.2, -0.15) is 0 Å². The van der Waals surface area contributed by atoms with Gasteiger partial charge in [0.15, 0.2) is 5.58 Å². The molecule has 2 aromatic heterocycles. The first-order valence-corrected chi connectivity index (χ1v) is 17.8. The van der Waals surface area contributed by atoms with E-state index >= 15 is 0 Å². The number of hydrogen-bond donors (Lipinski definition) is 0.